The molecule has 0 saturated carbocycles. The Balaban J connectivity index is 1.42. The third-order valence-electron chi connectivity index (χ3n) is 3.64. The number of benzene rings is 2. The molecule has 5 heteroatoms. The van der Waals surface area contributed by atoms with Gasteiger partial charge in [-0.25, -0.2) is 0 Å². The highest BCUT2D eigenvalue weighted by molar-refractivity contribution is 7.16. The minimum atomic E-state index is 0.0287. The second kappa shape index (κ2) is 8.18. The van der Waals surface area contributed by atoms with Crippen molar-refractivity contribution >= 4 is 39.6 Å². The molecule has 124 valence electrons. The number of ether oxygens (including phenoxy) is 1. The fraction of sp³-hybridized carbons (Fsp3) is 0.211. The van der Waals surface area contributed by atoms with Gasteiger partial charge < -0.3 is 10.1 Å². The third kappa shape index (κ3) is 4.49. The maximum absolute atomic E-state index is 11.9. The molecule has 0 unspecified atom stereocenters. The van der Waals surface area contributed by atoms with Crippen LogP contribution in [-0.2, 0) is 11.3 Å². The first kappa shape index (κ1) is 16.8. The molecule has 0 aliphatic rings. The smallest absolute Gasteiger partial charge is 0.220 e. The normalized spacial score (nSPS) is 10.7. The first-order valence-electron chi connectivity index (χ1n) is 7.84. The van der Waals surface area contributed by atoms with Crippen LogP contribution in [0.25, 0.3) is 10.8 Å². The van der Waals surface area contributed by atoms with Crippen molar-refractivity contribution in [2.24, 2.45) is 0 Å². The number of carbonyl (C=O) groups excluding carboxylic acids is 1. The van der Waals surface area contributed by atoms with Crippen molar-refractivity contribution in [3.05, 3.63) is 63.8 Å². The average molecular weight is 360 g/mol. The van der Waals surface area contributed by atoms with Crippen molar-refractivity contribution in [2.75, 3.05) is 6.61 Å². The van der Waals surface area contributed by atoms with E-state index in [1.165, 1.54) is 11.3 Å². The number of carbonyl (C=O) groups is 1. The fourth-order valence-electron chi connectivity index (χ4n) is 2.46. The number of hydrogen-bond acceptors (Lipinski definition) is 3. The molecule has 3 aromatic rings. The Morgan fingerprint density at radius 3 is 2.75 bits per heavy atom. The summed E-state index contributed by atoms with van der Waals surface area (Å²) in [5.74, 6) is 0.891. The Morgan fingerprint density at radius 2 is 1.92 bits per heavy atom. The van der Waals surface area contributed by atoms with E-state index in [0.29, 0.717) is 26.0 Å². The minimum absolute atomic E-state index is 0.0287. The standard InChI is InChI=1S/C19H18ClNO2S/c20-18-11-10-15(24-18)13-21-19(22)9-4-12-23-17-8-3-6-14-5-1-2-7-16(14)17/h1-3,5-8,10-11H,4,9,12-13H2,(H,21,22). The molecule has 0 aliphatic heterocycles. The van der Waals surface area contributed by atoms with Gasteiger partial charge in [0.2, 0.25) is 5.91 Å². The molecule has 0 saturated heterocycles. The lowest BCUT2D eigenvalue weighted by molar-refractivity contribution is -0.121. The van der Waals surface area contributed by atoms with Gasteiger partial charge >= 0.3 is 0 Å². The molecular weight excluding hydrogens is 342 g/mol. The highest BCUT2D eigenvalue weighted by Crippen LogP contribution is 2.25. The summed E-state index contributed by atoms with van der Waals surface area (Å²) in [5.41, 5.74) is 0. The zero-order chi connectivity index (χ0) is 16.8. The second-order valence-corrected chi connectivity index (χ2v) is 7.21. The summed E-state index contributed by atoms with van der Waals surface area (Å²) in [4.78, 5) is 12.9. The van der Waals surface area contributed by atoms with E-state index in [1.54, 1.807) is 0 Å². The first-order chi connectivity index (χ1) is 11.7. The number of hydrogen-bond donors (Lipinski definition) is 1. The zero-order valence-electron chi connectivity index (χ0n) is 13.1. The predicted molar refractivity (Wildman–Crippen MR) is 99.9 cm³/mol. The molecule has 3 rings (SSSR count). The SMILES string of the molecule is O=C(CCCOc1cccc2ccccc12)NCc1ccc(Cl)s1. The first-order valence-corrected chi connectivity index (χ1v) is 9.03. The van der Waals surface area contributed by atoms with Gasteiger partial charge in [-0.3, -0.25) is 4.79 Å². The molecule has 0 atom stereocenters. The Hall–Kier alpha value is -2.04. The van der Waals surface area contributed by atoms with Crippen molar-refractivity contribution in [1.29, 1.82) is 0 Å². The van der Waals surface area contributed by atoms with E-state index in [9.17, 15) is 4.79 Å². The van der Waals surface area contributed by atoms with Gasteiger partial charge in [-0.2, -0.15) is 0 Å². The van der Waals surface area contributed by atoms with Crippen LogP contribution in [-0.4, -0.2) is 12.5 Å². The molecule has 0 fully saturated rings. The highest BCUT2D eigenvalue weighted by atomic mass is 35.5. The number of rotatable bonds is 7. The maximum Gasteiger partial charge on any atom is 0.220 e. The van der Waals surface area contributed by atoms with Crippen LogP contribution in [0.3, 0.4) is 0 Å². The van der Waals surface area contributed by atoms with Gasteiger partial charge in [0.1, 0.15) is 5.75 Å². The van der Waals surface area contributed by atoms with Gasteiger partial charge in [0, 0.05) is 16.7 Å². The zero-order valence-corrected chi connectivity index (χ0v) is 14.7. The van der Waals surface area contributed by atoms with Gasteiger partial charge in [0.25, 0.3) is 0 Å². The summed E-state index contributed by atoms with van der Waals surface area (Å²) < 4.78 is 6.58. The van der Waals surface area contributed by atoms with Crippen LogP contribution in [0, 0.1) is 0 Å². The molecule has 1 amide bonds. The number of thiophene rings is 1. The quantitative estimate of drug-likeness (QED) is 0.601. The molecule has 2 aromatic carbocycles. The van der Waals surface area contributed by atoms with Gasteiger partial charge in [-0.1, -0.05) is 48.0 Å². The van der Waals surface area contributed by atoms with Crippen molar-refractivity contribution < 1.29 is 9.53 Å². The van der Waals surface area contributed by atoms with Crippen molar-refractivity contribution in [3.8, 4) is 5.75 Å². The summed E-state index contributed by atoms with van der Waals surface area (Å²) in [6.07, 6.45) is 1.13. The van der Waals surface area contributed by atoms with Crippen molar-refractivity contribution in [3.63, 3.8) is 0 Å². The molecule has 1 N–H and O–H groups in total. The van der Waals surface area contributed by atoms with Gasteiger partial charge in [0.15, 0.2) is 0 Å². The summed E-state index contributed by atoms with van der Waals surface area (Å²) in [6.45, 7) is 1.05. The van der Waals surface area contributed by atoms with Crippen LogP contribution >= 0.6 is 22.9 Å². The highest BCUT2D eigenvalue weighted by Gasteiger charge is 2.05. The summed E-state index contributed by atoms with van der Waals surface area (Å²) in [5, 5.41) is 5.15. The molecule has 1 heterocycles. The molecule has 1 aromatic heterocycles. The maximum atomic E-state index is 11.9. The van der Waals surface area contributed by atoms with E-state index in [-0.39, 0.29) is 5.91 Å². The largest absolute Gasteiger partial charge is 0.493 e. The molecule has 0 bridgehead atoms. The summed E-state index contributed by atoms with van der Waals surface area (Å²) in [6, 6.07) is 17.9. The van der Waals surface area contributed by atoms with Crippen LogP contribution in [0.4, 0.5) is 0 Å². The summed E-state index contributed by atoms with van der Waals surface area (Å²) in [7, 11) is 0. The van der Waals surface area contributed by atoms with Crippen LogP contribution in [0.5, 0.6) is 5.75 Å². The van der Waals surface area contributed by atoms with Gasteiger partial charge in [-0.15, -0.1) is 11.3 Å². The minimum Gasteiger partial charge on any atom is -0.493 e. The van der Waals surface area contributed by atoms with Gasteiger partial charge in [0.05, 0.1) is 17.5 Å². The Labute approximate surface area is 150 Å². The van der Waals surface area contributed by atoms with E-state index >= 15 is 0 Å². The van der Waals surface area contributed by atoms with E-state index in [1.807, 2.05) is 42.5 Å². The Kier molecular flexibility index (Phi) is 5.72. The van der Waals surface area contributed by atoms with Crippen LogP contribution < -0.4 is 10.1 Å². The summed E-state index contributed by atoms with van der Waals surface area (Å²) >= 11 is 7.35. The Morgan fingerprint density at radius 1 is 1.08 bits per heavy atom. The molecule has 0 radical (unpaired) electrons. The topological polar surface area (TPSA) is 38.3 Å². The van der Waals surface area contributed by atoms with Gasteiger partial charge in [-0.05, 0) is 30.0 Å². The molecule has 3 nitrogen and oxygen atoms in total. The third-order valence-corrected chi connectivity index (χ3v) is 4.88. The fourth-order valence-corrected chi connectivity index (χ4v) is 3.48. The molecule has 0 spiro atoms. The lowest BCUT2D eigenvalue weighted by Crippen LogP contribution is -2.22. The Bertz CT molecular complexity index is 826. The van der Waals surface area contributed by atoms with E-state index in [0.717, 1.165) is 25.7 Å². The molecule has 24 heavy (non-hydrogen) atoms. The molecular formula is C19H18ClNO2S. The lowest BCUT2D eigenvalue weighted by Gasteiger charge is -2.09. The number of amides is 1. The monoisotopic (exact) mass is 359 g/mol. The van der Waals surface area contributed by atoms with Crippen LogP contribution in [0.1, 0.15) is 17.7 Å². The number of fused-ring (bicyclic) bond motifs is 1. The van der Waals surface area contributed by atoms with Crippen LogP contribution in [0.15, 0.2) is 54.6 Å². The van der Waals surface area contributed by atoms with E-state index in [2.05, 4.69) is 17.4 Å². The van der Waals surface area contributed by atoms with E-state index in [4.69, 9.17) is 16.3 Å². The average Bonchev–Trinajstić information content (AvgIpc) is 3.02. The predicted octanol–water partition coefficient (Wildman–Crippen LogP) is 5.03. The van der Waals surface area contributed by atoms with Crippen molar-refractivity contribution in [2.45, 2.75) is 19.4 Å². The second-order valence-electron chi connectivity index (χ2n) is 5.41. The van der Waals surface area contributed by atoms with Crippen molar-refractivity contribution in [1.82, 2.24) is 5.32 Å². The lowest BCUT2D eigenvalue weighted by atomic mass is 10.1. The molecule has 0 aliphatic carbocycles. The number of halogens is 1. The van der Waals surface area contributed by atoms with Crippen LogP contribution in [0.2, 0.25) is 4.34 Å². The number of nitrogens with one attached hydrogen (secondary N) is 1. The van der Waals surface area contributed by atoms with E-state index < -0.39 is 0 Å².